The van der Waals surface area contributed by atoms with E-state index in [2.05, 4.69) is 18.9 Å². The number of likely N-dealkylation sites (tertiary alicyclic amines) is 1. The second kappa shape index (κ2) is 5.39. The van der Waals surface area contributed by atoms with Crippen LogP contribution in [0.25, 0.3) is 0 Å². The molecule has 0 saturated carbocycles. The number of methoxy groups -OCH3 is 2. The van der Waals surface area contributed by atoms with Crippen molar-refractivity contribution < 1.29 is 14.6 Å². The Hall–Kier alpha value is -1.26. The van der Waals surface area contributed by atoms with Crippen molar-refractivity contribution in [3.63, 3.8) is 0 Å². The van der Waals surface area contributed by atoms with E-state index in [1.807, 2.05) is 18.2 Å². The first kappa shape index (κ1) is 14.2. The fraction of sp³-hybridized carbons (Fsp3) is 0.600. The zero-order valence-corrected chi connectivity index (χ0v) is 12.1. The molecule has 1 N–H and O–H groups in total. The molecule has 2 atom stereocenters. The van der Waals surface area contributed by atoms with Gasteiger partial charge in [0.05, 0.1) is 19.8 Å². The monoisotopic (exact) mass is 265 g/mol. The molecular formula is C15H23NO3. The van der Waals surface area contributed by atoms with E-state index in [4.69, 9.17) is 9.47 Å². The van der Waals surface area contributed by atoms with Gasteiger partial charge < -0.3 is 19.5 Å². The summed E-state index contributed by atoms with van der Waals surface area (Å²) in [6, 6.07) is 5.94. The predicted molar refractivity (Wildman–Crippen MR) is 74.8 cm³/mol. The fourth-order valence-electron chi connectivity index (χ4n) is 2.75. The zero-order chi connectivity index (χ0) is 14.0. The van der Waals surface area contributed by atoms with Crippen LogP contribution < -0.4 is 9.47 Å². The molecule has 106 valence electrons. The Bertz CT molecular complexity index is 449. The highest BCUT2D eigenvalue weighted by Crippen LogP contribution is 2.41. The van der Waals surface area contributed by atoms with Crippen molar-refractivity contribution in [2.45, 2.75) is 31.4 Å². The lowest BCUT2D eigenvalue weighted by molar-refractivity contribution is -0.0423. The maximum absolute atomic E-state index is 11.0. The van der Waals surface area contributed by atoms with Gasteiger partial charge in [-0.1, -0.05) is 0 Å². The third kappa shape index (κ3) is 2.69. The van der Waals surface area contributed by atoms with Crippen LogP contribution in [0.1, 0.15) is 25.3 Å². The first-order chi connectivity index (χ1) is 9.00. The minimum absolute atomic E-state index is 0.342. The minimum atomic E-state index is -0.841. The number of hydrogen-bond acceptors (Lipinski definition) is 4. The second-order valence-electron chi connectivity index (χ2n) is 5.38. The Kier molecular flexibility index (Phi) is 4.02. The Morgan fingerprint density at radius 2 is 2.05 bits per heavy atom. The van der Waals surface area contributed by atoms with Gasteiger partial charge in [-0.05, 0) is 45.0 Å². The number of nitrogens with zero attached hydrogens (tertiary/aromatic N) is 1. The summed E-state index contributed by atoms with van der Waals surface area (Å²) in [5.74, 6) is 1.47. The van der Waals surface area contributed by atoms with Crippen molar-refractivity contribution in [3.05, 3.63) is 23.8 Å². The lowest BCUT2D eigenvalue weighted by atomic mass is 9.81. The molecule has 0 bridgehead atoms. The summed E-state index contributed by atoms with van der Waals surface area (Å²) in [6.45, 7) is 3.01. The van der Waals surface area contributed by atoms with E-state index in [-0.39, 0.29) is 0 Å². The Morgan fingerprint density at radius 1 is 1.32 bits per heavy atom. The third-order valence-electron chi connectivity index (χ3n) is 4.17. The molecule has 1 heterocycles. The molecule has 0 aliphatic carbocycles. The third-order valence-corrected chi connectivity index (χ3v) is 4.17. The van der Waals surface area contributed by atoms with Crippen LogP contribution in [0.2, 0.25) is 0 Å². The van der Waals surface area contributed by atoms with E-state index in [9.17, 15) is 5.11 Å². The molecule has 1 fully saturated rings. The van der Waals surface area contributed by atoms with E-state index in [0.717, 1.165) is 23.6 Å². The lowest BCUT2D eigenvalue weighted by Gasteiger charge is -2.41. The summed E-state index contributed by atoms with van der Waals surface area (Å²) in [6.07, 6.45) is 1.41. The highest BCUT2D eigenvalue weighted by molar-refractivity contribution is 5.44. The standard InChI is InChI=1S/C15H23NO3/c1-11-10-15(17,7-8-16(11)2)13-9-12(18-3)5-6-14(13)19-4/h5-6,9,11,17H,7-8,10H2,1-4H3. The number of rotatable bonds is 3. The van der Waals surface area contributed by atoms with Crippen molar-refractivity contribution in [2.75, 3.05) is 27.8 Å². The molecule has 1 aromatic rings. The maximum atomic E-state index is 11.0. The van der Waals surface area contributed by atoms with Crippen molar-refractivity contribution in [2.24, 2.45) is 0 Å². The van der Waals surface area contributed by atoms with Gasteiger partial charge in [0.15, 0.2) is 0 Å². The largest absolute Gasteiger partial charge is 0.497 e. The average Bonchev–Trinajstić information content (AvgIpc) is 2.42. The van der Waals surface area contributed by atoms with Crippen LogP contribution in [0.5, 0.6) is 11.5 Å². The molecule has 1 aliphatic rings. The summed E-state index contributed by atoms with van der Waals surface area (Å²) in [4.78, 5) is 2.26. The van der Waals surface area contributed by atoms with Gasteiger partial charge in [0.1, 0.15) is 11.5 Å². The van der Waals surface area contributed by atoms with Crippen molar-refractivity contribution in [1.82, 2.24) is 4.90 Å². The molecule has 2 unspecified atom stereocenters. The van der Waals surface area contributed by atoms with E-state index < -0.39 is 5.60 Å². The van der Waals surface area contributed by atoms with E-state index in [0.29, 0.717) is 18.9 Å². The van der Waals surface area contributed by atoms with Crippen LogP contribution in [0.3, 0.4) is 0 Å². The summed E-state index contributed by atoms with van der Waals surface area (Å²) in [5.41, 5.74) is -0.0134. The number of hydrogen-bond donors (Lipinski definition) is 1. The quantitative estimate of drug-likeness (QED) is 0.907. The van der Waals surface area contributed by atoms with Crippen LogP contribution in [-0.4, -0.2) is 43.9 Å². The van der Waals surface area contributed by atoms with E-state index in [1.54, 1.807) is 14.2 Å². The smallest absolute Gasteiger partial charge is 0.125 e. The molecule has 2 rings (SSSR count). The van der Waals surface area contributed by atoms with Gasteiger partial charge in [-0.15, -0.1) is 0 Å². The molecule has 1 aromatic carbocycles. The number of benzene rings is 1. The van der Waals surface area contributed by atoms with E-state index in [1.165, 1.54) is 0 Å². The van der Waals surface area contributed by atoms with Gasteiger partial charge >= 0.3 is 0 Å². The summed E-state index contributed by atoms with van der Waals surface area (Å²) in [5, 5.41) is 11.0. The molecule has 0 radical (unpaired) electrons. The van der Waals surface area contributed by atoms with Crippen molar-refractivity contribution in [1.29, 1.82) is 0 Å². The molecule has 0 spiro atoms. The van der Waals surface area contributed by atoms with Gasteiger partial charge in [-0.25, -0.2) is 0 Å². The Balaban J connectivity index is 2.38. The maximum Gasteiger partial charge on any atom is 0.125 e. The normalized spacial score (nSPS) is 28.2. The number of piperidine rings is 1. The van der Waals surface area contributed by atoms with Gasteiger partial charge in [0, 0.05) is 18.2 Å². The molecule has 1 saturated heterocycles. The summed E-state index contributed by atoms with van der Waals surface area (Å²) in [7, 11) is 5.35. The first-order valence-corrected chi connectivity index (χ1v) is 6.65. The number of aliphatic hydroxyl groups is 1. The van der Waals surface area contributed by atoms with Crippen LogP contribution in [0.4, 0.5) is 0 Å². The lowest BCUT2D eigenvalue weighted by Crippen LogP contribution is -2.46. The second-order valence-corrected chi connectivity index (χ2v) is 5.38. The predicted octanol–water partition coefficient (Wildman–Crippen LogP) is 2.01. The van der Waals surface area contributed by atoms with Crippen LogP contribution in [-0.2, 0) is 5.60 Å². The van der Waals surface area contributed by atoms with Gasteiger partial charge in [0.25, 0.3) is 0 Å². The molecule has 0 aromatic heterocycles. The molecule has 4 heteroatoms. The minimum Gasteiger partial charge on any atom is -0.497 e. The average molecular weight is 265 g/mol. The Labute approximate surface area is 114 Å². The molecular weight excluding hydrogens is 242 g/mol. The van der Waals surface area contributed by atoms with Gasteiger partial charge in [0.2, 0.25) is 0 Å². The van der Waals surface area contributed by atoms with Crippen LogP contribution >= 0.6 is 0 Å². The molecule has 19 heavy (non-hydrogen) atoms. The van der Waals surface area contributed by atoms with Crippen LogP contribution in [0, 0.1) is 0 Å². The summed E-state index contributed by atoms with van der Waals surface area (Å²) >= 11 is 0. The van der Waals surface area contributed by atoms with Crippen molar-refractivity contribution in [3.8, 4) is 11.5 Å². The van der Waals surface area contributed by atoms with E-state index >= 15 is 0 Å². The Morgan fingerprint density at radius 3 is 2.63 bits per heavy atom. The van der Waals surface area contributed by atoms with Crippen LogP contribution in [0.15, 0.2) is 18.2 Å². The zero-order valence-electron chi connectivity index (χ0n) is 12.1. The highest BCUT2D eigenvalue weighted by Gasteiger charge is 2.38. The fourth-order valence-corrected chi connectivity index (χ4v) is 2.75. The first-order valence-electron chi connectivity index (χ1n) is 6.65. The topological polar surface area (TPSA) is 41.9 Å². The SMILES string of the molecule is COc1ccc(OC)c(C2(O)CCN(C)C(C)C2)c1. The molecule has 0 amide bonds. The molecule has 4 nitrogen and oxygen atoms in total. The highest BCUT2D eigenvalue weighted by atomic mass is 16.5. The number of ether oxygens (including phenoxy) is 2. The van der Waals surface area contributed by atoms with Gasteiger partial charge in [-0.2, -0.15) is 0 Å². The van der Waals surface area contributed by atoms with Crippen molar-refractivity contribution >= 4 is 0 Å². The summed E-state index contributed by atoms with van der Waals surface area (Å²) < 4.78 is 10.7. The van der Waals surface area contributed by atoms with Gasteiger partial charge in [-0.3, -0.25) is 0 Å². The molecule has 1 aliphatic heterocycles.